The van der Waals surface area contributed by atoms with E-state index < -0.39 is 42.8 Å². The lowest BCUT2D eigenvalue weighted by Gasteiger charge is -2.28. The summed E-state index contributed by atoms with van der Waals surface area (Å²) in [6.07, 6.45) is -3.39. The highest BCUT2D eigenvalue weighted by atomic mass is 16.6. The lowest BCUT2D eigenvalue weighted by Crippen LogP contribution is -2.46. The van der Waals surface area contributed by atoms with E-state index in [9.17, 15) is 19.5 Å². The van der Waals surface area contributed by atoms with Crippen molar-refractivity contribution in [2.45, 2.75) is 39.1 Å². The second-order valence-electron chi connectivity index (χ2n) is 8.94. The minimum absolute atomic E-state index is 0.210. The lowest BCUT2D eigenvalue weighted by molar-refractivity contribution is -0.0784. The molecule has 0 radical (unpaired) electrons. The zero-order valence-corrected chi connectivity index (χ0v) is 22.2. The number of hydrogen-bond acceptors (Lipinski definition) is 9. The molecule has 0 amide bonds. The van der Waals surface area contributed by atoms with Crippen LogP contribution in [0.2, 0.25) is 0 Å². The quantitative estimate of drug-likeness (QED) is 0.168. The molecule has 39 heavy (non-hydrogen) atoms. The SMILES string of the molecule is CON=C[C@H](OC(=O)c1ccc(C)cc1)[C@@H](OC(=O)c1ccc(C)cc1)[C@@H](O)COC(=O)c1ccc(C)cc1. The molecule has 9 nitrogen and oxygen atoms in total. The standard InChI is InChI=1S/C30H31NO8/c1-19-5-11-22(12-6-19)28(33)37-18-25(32)27(39-30(35)24-15-9-21(3)10-16-24)26(17-31-36-4)38-29(34)23-13-7-20(2)8-14-23/h5-17,25-27,32H,18H2,1-4H3/t25-,26-,27-/m0/s1. The summed E-state index contributed by atoms with van der Waals surface area (Å²) in [4.78, 5) is 43.1. The van der Waals surface area contributed by atoms with Gasteiger partial charge in [0.25, 0.3) is 0 Å². The molecule has 3 atom stereocenters. The van der Waals surface area contributed by atoms with Crippen LogP contribution in [0.15, 0.2) is 78.0 Å². The molecule has 0 unspecified atom stereocenters. The van der Waals surface area contributed by atoms with E-state index >= 15 is 0 Å². The molecule has 3 rings (SSSR count). The van der Waals surface area contributed by atoms with Crippen molar-refractivity contribution >= 4 is 24.1 Å². The lowest BCUT2D eigenvalue weighted by atomic mass is 10.1. The van der Waals surface area contributed by atoms with Crippen molar-refractivity contribution in [2.75, 3.05) is 13.7 Å². The van der Waals surface area contributed by atoms with Gasteiger partial charge in [-0.15, -0.1) is 0 Å². The van der Waals surface area contributed by atoms with Crippen LogP contribution >= 0.6 is 0 Å². The number of rotatable bonds is 11. The number of hydrogen-bond donors (Lipinski definition) is 1. The van der Waals surface area contributed by atoms with Gasteiger partial charge in [0.2, 0.25) is 0 Å². The van der Waals surface area contributed by atoms with Crippen LogP contribution in [0.3, 0.4) is 0 Å². The second kappa shape index (κ2) is 13.9. The fourth-order valence-corrected chi connectivity index (χ4v) is 3.46. The molecular formula is C30H31NO8. The van der Waals surface area contributed by atoms with E-state index in [1.54, 1.807) is 72.8 Å². The summed E-state index contributed by atoms with van der Waals surface area (Å²) in [5.41, 5.74) is 3.57. The minimum Gasteiger partial charge on any atom is -0.459 e. The van der Waals surface area contributed by atoms with Crippen molar-refractivity contribution in [1.82, 2.24) is 0 Å². The van der Waals surface area contributed by atoms with Gasteiger partial charge in [-0.2, -0.15) is 0 Å². The first-order valence-corrected chi connectivity index (χ1v) is 12.2. The van der Waals surface area contributed by atoms with Gasteiger partial charge in [-0.25, -0.2) is 14.4 Å². The average Bonchev–Trinajstić information content (AvgIpc) is 2.93. The molecule has 0 bridgehead atoms. The number of ether oxygens (including phenoxy) is 3. The average molecular weight is 534 g/mol. The van der Waals surface area contributed by atoms with Crippen molar-refractivity contribution in [2.24, 2.45) is 5.16 Å². The van der Waals surface area contributed by atoms with Crippen LogP contribution < -0.4 is 0 Å². The molecule has 0 saturated carbocycles. The minimum atomic E-state index is -1.59. The fraction of sp³-hybridized carbons (Fsp3) is 0.267. The van der Waals surface area contributed by atoms with Gasteiger partial charge >= 0.3 is 17.9 Å². The molecule has 0 heterocycles. The van der Waals surface area contributed by atoms with E-state index in [1.807, 2.05) is 20.8 Å². The molecule has 3 aromatic carbocycles. The van der Waals surface area contributed by atoms with Gasteiger partial charge < -0.3 is 24.2 Å². The van der Waals surface area contributed by atoms with E-state index in [0.717, 1.165) is 22.9 Å². The number of aliphatic hydroxyl groups is 1. The predicted octanol–water partition coefficient (Wildman–Crippen LogP) is 4.21. The van der Waals surface area contributed by atoms with Crippen molar-refractivity contribution in [3.63, 3.8) is 0 Å². The van der Waals surface area contributed by atoms with E-state index in [0.29, 0.717) is 0 Å². The molecular weight excluding hydrogens is 502 g/mol. The molecule has 0 spiro atoms. The molecule has 3 aromatic rings. The van der Waals surface area contributed by atoms with Crippen molar-refractivity contribution < 1.29 is 38.5 Å². The normalized spacial score (nSPS) is 13.3. The zero-order chi connectivity index (χ0) is 28.4. The Morgan fingerprint density at radius 2 is 1.13 bits per heavy atom. The van der Waals surface area contributed by atoms with Crippen LogP contribution in [0.1, 0.15) is 47.8 Å². The highest BCUT2D eigenvalue weighted by molar-refractivity contribution is 5.92. The molecule has 0 aromatic heterocycles. The van der Waals surface area contributed by atoms with Crippen LogP contribution in [0, 0.1) is 20.8 Å². The predicted molar refractivity (Wildman–Crippen MR) is 144 cm³/mol. The smallest absolute Gasteiger partial charge is 0.338 e. The van der Waals surface area contributed by atoms with Gasteiger partial charge in [0.05, 0.1) is 22.9 Å². The number of esters is 3. The summed E-state index contributed by atoms with van der Waals surface area (Å²) in [7, 11) is 1.28. The maximum atomic E-state index is 13.0. The third-order valence-electron chi connectivity index (χ3n) is 5.75. The van der Waals surface area contributed by atoms with Crippen molar-refractivity contribution in [3.05, 3.63) is 106 Å². The Balaban J connectivity index is 1.85. The molecule has 9 heteroatoms. The number of benzene rings is 3. The van der Waals surface area contributed by atoms with Gasteiger partial charge in [0, 0.05) is 0 Å². The number of aryl methyl sites for hydroxylation is 3. The highest BCUT2D eigenvalue weighted by Crippen LogP contribution is 2.17. The summed E-state index contributed by atoms with van der Waals surface area (Å²) in [5, 5.41) is 14.7. The van der Waals surface area contributed by atoms with Gasteiger partial charge in [-0.05, 0) is 57.2 Å². The van der Waals surface area contributed by atoms with E-state index in [1.165, 1.54) is 7.11 Å². The molecule has 0 aliphatic carbocycles. The third kappa shape index (κ3) is 8.51. The van der Waals surface area contributed by atoms with E-state index in [-0.39, 0.29) is 16.7 Å². The zero-order valence-electron chi connectivity index (χ0n) is 22.2. The Morgan fingerprint density at radius 3 is 1.56 bits per heavy atom. The fourth-order valence-electron chi connectivity index (χ4n) is 3.46. The van der Waals surface area contributed by atoms with E-state index in [2.05, 4.69) is 5.16 Å². The van der Waals surface area contributed by atoms with Crippen LogP contribution in [0.5, 0.6) is 0 Å². The first-order valence-electron chi connectivity index (χ1n) is 12.2. The molecule has 1 N–H and O–H groups in total. The Bertz CT molecular complexity index is 1280. The Morgan fingerprint density at radius 1 is 0.718 bits per heavy atom. The molecule has 0 aliphatic rings. The Kier molecular flexibility index (Phi) is 10.3. The Labute approximate surface area is 227 Å². The molecule has 204 valence electrons. The van der Waals surface area contributed by atoms with Gasteiger partial charge in [-0.1, -0.05) is 58.2 Å². The molecule has 0 fully saturated rings. The van der Waals surface area contributed by atoms with Gasteiger partial charge in [0.1, 0.15) is 19.8 Å². The van der Waals surface area contributed by atoms with Gasteiger partial charge in [-0.3, -0.25) is 0 Å². The topological polar surface area (TPSA) is 121 Å². The summed E-state index contributed by atoms with van der Waals surface area (Å²) >= 11 is 0. The number of aliphatic hydroxyl groups excluding tert-OH is 1. The largest absolute Gasteiger partial charge is 0.459 e. The summed E-state index contributed by atoms with van der Waals surface area (Å²) in [6, 6.07) is 19.9. The summed E-state index contributed by atoms with van der Waals surface area (Å²) < 4.78 is 16.5. The van der Waals surface area contributed by atoms with Crippen LogP contribution in [0.25, 0.3) is 0 Å². The maximum absolute atomic E-state index is 13.0. The molecule has 0 aliphatic heterocycles. The number of carbonyl (C=O) groups is 3. The first kappa shape index (κ1) is 29.1. The molecule has 0 saturated heterocycles. The maximum Gasteiger partial charge on any atom is 0.338 e. The summed E-state index contributed by atoms with van der Waals surface area (Å²) in [5.74, 6) is -2.22. The summed E-state index contributed by atoms with van der Waals surface area (Å²) in [6.45, 7) is 5.06. The van der Waals surface area contributed by atoms with Crippen LogP contribution in [0.4, 0.5) is 0 Å². The Hall–Kier alpha value is -4.50. The number of carbonyl (C=O) groups excluding carboxylic acids is 3. The number of nitrogens with zero attached hydrogens (tertiary/aromatic N) is 1. The van der Waals surface area contributed by atoms with Crippen LogP contribution in [-0.4, -0.2) is 61.3 Å². The van der Waals surface area contributed by atoms with Crippen molar-refractivity contribution in [1.29, 1.82) is 0 Å². The first-order chi connectivity index (χ1) is 18.7. The number of oxime groups is 1. The highest BCUT2D eigenvalue weighted by Gasteiger charge is 2.36. The third-order valence-corrected chi connectivity index (χ3v) is 5.75. The monoisotopic (exact) mass is 533 g/mol. The second-order valence-corrected chi connectivity index (χ2v) is 8.94. The van der Waals surface area contributed by atoms with Crippen LogP contribution in [-0.2, 0) is 19.0 Å². The van der Waals surface area contributed by atoms with Crippen molar-refractivity contribution in [3.8, 4) is 0 Å². The van der Waals surface area contributed by atoms with Gasteiger partial charge in [0.15, 0.2) is 12.2 Å². The van der Waals surface area contributed by atoms with E-state index in [4.69, 9.17) is 19.0 Å².